The second-order valence-corrected chi connectivity index (χ2v) is 2.80. The second-order valence-electron chi connectivity index (χ2n) is 2.80. The van der Waals surface area contributed by atoms with E-state index in [0.29, 0.717) is 5.75 Å². The summed E-state index contributed by atoms with van der Waals surface area (Å²) >= 11 is 0. The molecule has 14 heavy (non-hydrogen) atoms. The van der Waals surface area contributed by atoms with Gasteiger partial charge in [0.1, 0.15) is 12.0 Å². The van der Waals surface area contributed by atoms with Crippen molar-refractivity contribution in [3.05, 3.63) is 28.3 Å². The molecule has 6 nitrogen and oxygen atoms in total. The second kappa shape index (κ2) is 3.93. The summed E-state index contributed by atoms with van der Waals surface area (Å²) in [7, 11) is 0. The van der Waals surface area contributed by atoms with Crippen LogP contribution in [0, 0.1) is 10.1 Å². The van der Waals surface area contributed by atoms with Crippen molar-refractivity contribution in [1.29, 1.82) is 0 Å². The molecule has 0 fully saturated rings. The molecule has 1 aromatic carbocycles. The molecule has 0 aliphatic rings. The first-order valence-corrected chi connectivity index (χ1v) is 3.97. The summed E-state index contributed by atoms with van der Waals surface area (Å²) in [5, 5.41) is 10.4. The molecular weight excluding hydrogens is 186 g/mol. The van der Waals surface area contributed by atoms with Crippen LogP contribution < -0.4 is 16.2 Å². The van der Waals surface area contributed by atoms with Crippen molar-refractivity contribution in [1.82, 2.24) is 0 Å². The molecule has 0 aliphatic carbocycles. The van der Waals surface area contributed by atoms with Crippen LogP contribution in [0.3, 0.4) is 0 Å². The first-order valence-electron chi connectivity index (χ1n) is 3.97. The van der Waals surface area contributed by atoms with Crippen LogP contribution in [-0.4, -0.2) is 11.2 Å². The number of nitrogens with two attached hydrogens (primary N) is 2. The van der Waals surface area contributed by atoms with Gasteiger partial charge in [-0.2, -0.15) is 0 Å². The molecule has 1 atom stereocenters. The molecule has 1 unspecified atom stereocenters. The summed E-state index contributed by atoms with van der Waals surface area (Å²) in [6.07, 6.45) is -0.501. The van der Waals surface area contributed by atoms with E-state index in [0.717, 1.165) is 0 Å². The Kier molecular flexibility index (Phi) is 2.88. The highest BCUT2D eigenvalue weighted by Gasteiger charge is 2.10. The summed E-state index contributed by atoms with van der Waals surface area (Å²) in [6, 6.07) is 3.97. The maximum absolute atomic E-state index is 10.4. The molecule has 0 heterocycles. The first-order chi connectivity index (χ1) is 6.50. The third-order valence-corrected chi connectivity index (χ3v) is 1.52. The van der Waals surface area contributed by atoms with E-state index in [1.165, 1.54) is 18.2 Å². The number of nitro groups is 1. The quantitative estimate of drug-likeness (QED) is 0.323. The van der Waals surface area contributed by atoms with E-state index < -0.39 is 11.2 Å². The number of nitrogen functional groups attached to an aromatic ring is 1. The van der Waals surface area contributed by atoms with Crippen molar-refractivity contribution in [2.24, 2.45) is 5.73 Å². The van der Waals surface area contributed by atoms with Crippen LogP contribution in [0.5, 0.6) is 5.75 Å². The van der Waals surface area contributed by atoms with Crippen molar-refractivity contribution < 1.29 is 9.66 Å². The molecule has 0 saturated heterocycles. The minimum absolute atomic E-state index is 0.0699. The van der Waals surface area contributed by atoms with Gasteiger partial charge < -0.3 is 10.5 Å². The van der Waals surface area contributed by atoms with E-state index in [4.69, 9.17) is 16.2 Å². The van der Waals surface area contributed by atoms with Gasteiger partial charge in [0.25, 0.3) is 5.69 Å². The van der Waals surface area contributed by atoms with Crippen LogP contribution in [0.1, 0.15) is 6.92 Å². The molecule has 0 radical (unpaired) electrons. The van der Waals surface area contributed by atoms with E-state index in [2.05, 4.69) is 0 Å². The average Bonchev–Trinajstić information content (AvgIpc) is 2.07. The Bertz CT molecular complexity index is 352. The minimum atomic E-state index is -0.522. The molecule has 1 rings (SSSR count). The lowest BCUT2D eigenvalue weighted by atomic mass is 10.2. The molecule has 0 amide bonds. The Morgan fingerprint density at radius 3 is 2.64 bits per heavy atom. The van der Waals surface area contributed by atoms with Crippen LogP contribution in [0.15, 0.2) is 18.2 Å². The van der Waals surface area contributed by atoms with Gasteiger partial charge in [0.15, 0.2) is 0 Å². The molecule has 0 spiro atoms. The summed E-state index contributed by atoms with van der Waals surface area (Å²) in [4.78, 5) is 9.85. The fourth-order valence-corrected chi connectivity index (χ4v) is 0.957. The lowest BCUT2D eigenvalue weighted by molar-refractivity contribution is -0.384. The Balaban J connectivity index is 2.95. The molecule has 4 N–H and O–H groups in total. The van der Waals surface area contributed by atoms with Crippen molar-refractivity contribution in [3.63, 3.8) is 0 Å². The first kappa shape index (κ1) is 10.3. The van der Waals surface area contributed by atoms with Crippen molar-refractivity contribution in [2.75, 3.05) is 5.73 Å². The summed E-state index contributed by atoms with van der Waals surface area (Å²) in [5.74, 6) is 0.352. The third-order valence-electron chi connectivity index (χ3n) is 1.52. The largest absolute Gasteiger partial charge is 0.474 e. The zero-order valence-corrected chi connectivity index (χ0v) is 7.64. The van der Waals surface area contributed by atoms with E-state index in [9.17, 15) is 10.1 Å². The number of rotatable bonds is 3. The van der Waals surface area contributed by atoms with E-state index in [1.807, 2.05) is 0 Å². The van der Waals surface area contributed by atoms with Crippen LogP contribution in [0.2, 0.25) is 0 Å². The summed E-state index contributed by atoms with van der Waals surface area (Å²) in [5.41, 5.74) is 11.0. The highest BCUT2D eigenvalue weighted by molar-refractivity contribution is 5.58. The SMILES string of the molecule is CC(N)Oc1ccc([N+](=O)[O-])cc1N. The smallest absolute Gasteiger partial charge is 0.271 e. The average molecular weight is 197 g/mol. The van der Waals surface area contributed by atoms with E-state index in [1.54, 1.807) is 6.92 Å². The molecule has 76 valence electrons. The van der Waals surface area contributed by atoms with E-state index in [-0.39, 0.29) is 11.4 Å². The monoisotopic (exact) mass is 197 g/mol. The van der Waals surface area contributed by atoms with Gasteiger partial charge in [0, 0.05) is 12.1 Å². The summed E-state index contributed by atoms with van der Waals surface area (Å²) < 4.78 is 5.11. The zero-order valence-electron chi connectivity index (χ0n) is 7.64. The molecule has 0 saturated carbocycles. The van der Waals surface area contributed by atoms with Gasteiger partial charge >= 0.3 is 0 Å². The predicted octanol–water partition coefficient (Wildman–Crippen LogP) is 0.861. The van der Waals surface area contributed by atoms with Crippen LogP contribution in [0.4, 0.5) is 11.4 Å². The Hall–Kier alpha value is -1.82. The van der Waals surface area contributed by atoms with Gasteiger partial charge in [-0.05, 0) is 13.0 Å². The maximum Gasteiger partial charge on any atom is 0.271 e. The number of ether oxygens (including phenoxy) is 1. The third kappa shape index (κ3) is 2.33. The molecular formula is C8H11N3O3. The van der Waals surface area contributed by atoms with Crippen LogP contribution in [0.25, 0.3) is 0 Å². The van der Waals surface area contributed by atoms with Gasteiger partial charge in [-0.1, -0.05) is 0 Å². The fraction of sp³-hybridized carbons (Fsp3) is 0.250. The standard InChI is InChI=1S/C8H11N3O3/c1-5(9)14-8-3-2-6(11(12)13)4-7(8)10/h2-5H,9-10H2,1H3. The predicted molar refractivity (Wildman–Crippen MR) is 51.8 cm³/mol. The van der Waals surface area contributed by atoms with Crippen molar-refractivity contribution in [3.8, 4) is 5.75 Å². The van der Waals surface area contributed by atoms with Crippen LogP contribution in [-0.2, 0) is 0 Å². The Morgan fingerprint density at radius 2 is 2.21 bits per heavy atom. The molecule has 0 bridgehead atoms. The van der Waals surface area contributed by atoms with Crippen LogP contribution >= 0.6 is 0 Å². The van der Waals surface area contributed by atoms with Gasteiger partial charge in [0.05, 0.1) is 10.6 Å². The fourth-order valence-electron chi connectivity index (χ4n) is 0.957. The topological polar surface area (TPSA) is 104 Å². The number of hydrogen-bond acceptors (Lipinski definition) is 5. The van der Waals surface area contributed by atoms with Crippen molar-refractivity contribution >= 4 is 11.4 Å². The van der Waals surface area contributed by atoms with Gasteiger partial charge in [-0.3, -0.25) is 15.8 Å². The Labute approximate surface area is 80.6 Å². The number of hydrogen-bond donors (Lipinski definition) is 2. The zero-order chi connectivity index (χ0) is 10.7. The number of anilines is 1. The molecule has 0 aliphatic heterocycles. The number of benzene rings is 1. The van der Waals surface area contributed by atoms with Crippen molar-refractivity contribution in [2.45, 2.75) is 13.2 Å². The number of non-ortho nitro benzene ring substituents is 1. The molecule has 6 heteroatoms. The van der Waals surface area contributed by atoms with E-state index >= 15 is 0 Å². The Morgan fingerprint density at radius 1 is 1.57 bits per heavy atom. The highest BCUT2D eigenvalue weighted by atomic mass is 16.6. The highest BCUT2D eigenvalue weighted by Crippen LogP contribution is 2.26. The molecule has 1 aromatic rings. The lowest BCUT2D eigenvalue weighted by Crippen LogP contribution is -2.22. The summed E-state index contributed by atoms with van der Waals surface area (Å²) in [6.45, 7) is 1.64. The number of nitro benzene ring substituents is 1. The van der Waals surface area contributed by atoms with Gasteiger partial charge in [0.2, 0.25) is 0 Å². The lowest BCUT2D eigenvalue weighted by Gasteiger charge is -2.10. The molecule has 0 aromatic heterocycles. The van der Waals surface area contributed by atoms with Gasteiger partial charge in [-0.25, -0.2) is 0 Å². The minimum Gasteiger partial charge on any atom is -0.474 e. The maximum atomic E-state index is 10.4. The number of nitrogens with zero attached hydrogens (tertiary/aromatic N) is 1. The van der Waals surface area contributed by atoms with Gasteiger partial charge in [-0.15, -0.1) is 0 Å². The normalized spacial score (nSPS) is 12.1.